The molecule has 5 nitrogen and oxygen atoms in total. The van der Waals surface area contributed by atoms with Gasteiger partial charge in [-0.25, -0.2) is 4.98 Å². The molecule has 1 fully saturated rings. The summed E-state index contributed by atoms with van der Waals surface area (Å²) >= 11 is 0. The first-order chi connectivity index (χ1) is 9.21. The van der Waals surface area contributed by atoms with E-state index in [4.69, 9.17) is 0 Å². The number of pyridine rings is 1. The molecule has 0 atom stereocenters. The molecule has 0 aromatic carbocycles. The maximum atomic E-state index is 12.0. The van der Waals surface area contributed by atoms with Crippen LogP contribution < -0.4 is 5.32 Å². The fourth-order valence-electron chi connectivity index (χ4n) is 2.50. The number of carbonyl (C=O) groups is 1. The summed E-state index contributed by atoms with van der Waals surface area (Å²) in [7, 11) is 0. The van der Waals surface area contributed by atoms with Crippen molar-refractivity contribution in [2.45, 2.75) is 31.2 Å². The van der Waals surface area contributed by atoms with Gasteiger partial charge in [0.15, 0.2) is 0 Å². The van der Waals surface area contributed by atoms with Crippen molar-refractivity contribution < 1.29 is 9.90 Å². The van der Waals surface area contributed by atoms with Crippen molar-refractivity contribution in [3.8, 4) is 0 Å². The Bertz CT molecular complexity index is 563. The van der Waals surface area contributed by atoms with E-state index >= 15 is 0 Å². The minimum atomic E-state index is -0.379. The molecule has 19 heavy (non-hydrogen) atoms. The van der Waals surface area contributed by atoms with Crippen molar-refractivity contribution in [1.29, 1.82) is 0 Å². The van der Waals surface area contributed by atoms with Gasteiger partial charge in [0.05, 0.1) is 24.3 Å². The molecule has 2 aromatic rings. The predicted molar refractivity (Wildman–Crippen MR) is 70.7 cm³/mol. The quantitative estimate of drug-likeness (QED) is 0.857. The molecule has 0 unspecified atom stereocenters. The number of hydrogen-bond acceptors (Lipinski definition) is 3. The number of carbonyl (C=O) groups excluding carboxylic acids is 1. The predicted octanol–water partition coefficient (Wildman–Crippen LogP) is 0.908. The average molecular weight is 259 g/mol. The highest BCUT2D eigenvalue weighted by Gasteiger charge is 2.37. The SMILES string of the molecule is O=C(Cc1cn2ccccc2n1)NC1(CO)CCC1. The molecule has 5 heteroatoms. The lowest BCUT2D eigenvalue weighted by atomic mass is 9.77. The standard InChI is InChI=1S/C14H17N3O2/c18-10-14(5-3-6-14)16-13(19)8-11-9-17-7-2-1-4-12(17)15-11/h1-2,4,7,9,18H,3,5-6,8,10H2,(H,16,19). The largest absolute Gasteiger partial charge is 0.394 e. The van der Waals surface area contributed by atoms with E-state index in [0.717, 1.165) is 30.6 Å². The molecule has 0 bridgehead atoms. The van der Waals surface area contributed by atoms with Crippen LogP contribution in [0, 0.1) is 0 Å². The first-order valence-corrected chi connectivity index (χ1v) is 6.55. The van der Waals surface area contributed by atoms with Gasteiger partial charge in [-0.15, -0.1) is 0 Å². The summed E-state index contributed by atoms with van der Waals surface area (Å²) in [5.41, 5.74) is 1.21. The van der Waals surface area contributed by atoms with Gasteiger partial charge in [-0.2, -0.15) is 0 Å². The third kappa shape index (κ3) is 2.33. The molecule has 2 aromatic heterocycles. The van der Waals surface area contributed by atoms with E-state index < -0.39 is 0 Å². The third-order valence-electron chi connectivity index (χ3n) is 3.77. The van der Waals surface area contributed by atoms with Gasteiger partial charge in [0.25, 0.3) is 0 Å². The van der Waals surface area contributed by atoms with Crippen molar-refractivity contribution >= 4 is 11.6 Å². The lowest BCUT2D eigenvalue weighted by molar-refractivity contribution is -0.124. The van der Waals surface area contributed by atoms with Crippen molar-refractivity contribution in [1.82, 2.24) is 14.7 Å². The van der Waals surface area contributed by atoms with Gasteiger partial charge < -0.3 is 14.8 Å². The van der Waals surface area contributed by atoms with Crippen LogP contribution in [-0.2, 0) is 11.2 Å². The number of aromatic nitrogens is 2. The number of fused-ring (bicyclic) bond motifs is 1. The zero-order chi connectivity index (χ0) is 13.3. The summed E-state index contributed by atoms with van der Waals surface area (Å²) in [5, 5.41) is 12.3. The van der Waals surface area contributed by atoms with E-state index in [1.165, 1.54) is 0 Å². The van der Waals surface area contributed by atoms with Gasteiger partial charge in [-0.05, 0) is 31.4 Å². The minimum absolute atomic E-state index is 0.0178. The van der Waals surface area contributed by atoms with Gasteiger partial charge in [0.2, 0.25) is 5.91 Å². The van der Waals surface area contributed by atoms with E-state index in [1.54, 1.807) is 0 Å². The Morgan fingerprint density at radius 2 is 2.32 bits per heavy atom. The number of aliphatic hydroxyl groups excluding tert-OH is 1. The summed E-state index contributed by atoms with van der Waals surface area (Å²) in [6, 6.07) is 5.75. The fraction of sp³-hybridized carbons (Fsp3) is 0.429. The summed E-state index contributed by atoms with van der Waals surface area (Å²) < 4.78 is 1.90. The Kier molecular flexibility index (Phi) is 2.98. The summed E-state index contributed by atoms with van der Waals surface area (Å²) in [5.74, 6) is -0.0721. The van der Waals surface area contributed by atoms with Crippen molar-refractivity contribution in [2.24, 2.45) is 0 Å². The van der Waals surface area contributed by atoms with Crippen LogP contribution in [0.3, 0.4) is 0 Å². The molecular weight excluding hydrogens is 242 g/mol. The van der Waals surface area contributed by atoms with Gasteiger partial charge in [0.1, 0.15) is 5.65 Å². The van der Waals surface area contributed by atoms with Crippen molar-refractivity contribution in [3.63, 3.8) is 0 Å². The van der Waals surface area contributed by atoms with E-state index in [9.17, 15) is 9.90 Å². The molecule has 0 saturated heterocycles. The molecule has 1 aliphatic carbocycles. The van der Waals surface area contributed by atoms with E-state index in [0.29, 0.717) is 0 Å². The molecule has 2 heterocycles. The van der Waals surface area contributed by atoms with Gasteiger partial charge in [0, 0.05) is 12.4 Å². The van der Waals surface area contributed by atoms with Crippen LogP contribution >= 0.6 is 0 Å². The van der Waals surface area contributed by atoms with Crippen LogP contribution in [0.5, 0.6) is 0 Å². The Morgan fingerprint density at radius 1 is 1.47 bits per heavy atom. The maximum Gasteiger partial charge on any atom is 0.226 e. The minimum Gasteiger partial charge on any atom is -0.394 e. The molecule has 3 rings (SSSR count). The lowest BCUT2D eigenvalue weighted by Gasteiger charge is -2.40. The molecule has 1 aliphatic rings. The molecule has 1 amide bonds. The normalized spacial score (nSPS) is 17.1. The Balaban J connectivity index is 1.69. The van der Waals surface area contributed by atoms with Crippen LogP contribution in [0.4, 0.5) is 0 Å². The van der Waals surface area contributed by atoms with Crippen LogP contribution in [-0.4, -0.2) is 32.5 Å². The first-order valence-electron chi connectivity index (χ1n) is 6.55. The molecular formula is C14H17N3O2. The number of nitrogens with one attached hydrogen (secondary N) is 1. The number of imidazole rings is 1. The Labute approximate surface area is 111 Å². The average Bonchev–Trinajstić information content (AvgIpc) is 2.75. The van der Waals surface area contributed by atoms with Crippen LogP contribution in [0.25, 0.3) is 5.65 Å². The Morgan fingerprint density at radius 3 is 2.95 bits per heavy atom. The van der Waals surface area contributed by atoms with Crippen LogP contribution in [0.2, 0.25) is 0 Å². The molecule has 0 aliphatic heterocycles. The Hall–Kier alpha value is -1.88. The monoisotopic (exact) mass is 259 g/mol. The molecule has 0 spiro atoms. The first kappa shape index (κ1) is 12.2. The highest BCUT2D eigenvalue weighted by Crippen LogP contribution is 2.31. The van der Waals surface area contributed by atoms with E-state index in [-0.39, 0.29) is 24.5 Å². The van der Waals surface area contributed by atoms with Gasteiger partial charge >= 0.3 is 0 Å². The summed E-state index contributed by atoms with van der Waals surface area (Å²) in [6.07, 6.45) is 6.81. The summed E-state index contributed by atoms with van der Waals surface area (Å²) in [4.78, 5) is 16.4. The van der Waals surface area contributed by atoms with E-state index in [1.807, 2.05) is 35.0 Å². The second kappa shape index (κ2) is 4.66. The van der Waals surface area contributed by atoms with Gasteiger partial charge in [-0.3, -0.25) is 4.79 Å². The summed E-state index contributed by atoms with van der Waals surface area (Å²) in [6.45, 7) is 0.0178. The zero-order valence-electron chi connectivity index (χ0n) is 10.7. The molecule has 2 N–H and O–H groups in total. The zero-order valence-corrected chi connectivity index (χ0v) is 10.7. The number of rotatable bonds is 4. The van der Waals surface area contributed by atoms with Crippen LogP contribution in [0.1, 0.15) is 25.0 Å². The number of nitrogens with zero attached hydrogens (tertiary/aromatic N) is 2. The highest BCUT2D eigenvalue weighted by atomic mass is 16.3. The van der Waals surface area contributed by atoms with Crippen molar-refractivity contribution in [3.05, 3.63) is 36.3 Å². The maximum absolute atomic E-state index is 12.0. The molecule has 1 saturated carbocycles. The second-order valence-electron chi connectivity index (χ2n) is 5.22. The smallest absolute Gasteiger partial charge is 0.226 e. The van der Waals surface area contributed by atoms with Crippen LogP contribution in [0.15, 0.2) is 30.6 Å². The fourth-order valence-corrected chi connectivity index (χ4v) is 2.50. The lowest BCUT2D eigenvalue weighted by Crippen LogP contribution is -2.56. The molecule has 100 valence electrons. The molecule has 0 radical (unpaired) electrons. The van der Waals surface area contributed by atoms with Crippen molar-refractivity contribution in [2.75, 3.05) is 6.61 Å². The highest BCUT2D eigenvalue weighted by molar-refractivity contribution is 5.79. The van der Waals surface area contributed by atoms with E-state index in [2.05, 4.69) is 10.3 Å². The number of aliphatic hydroxyl groups is 1. The number of amides is 1. The number of hydrogen-bond donors (Lipinski definition) is 2. The second-order valence-corrected chi connectivity index (χ2v) is 5.22. The topological polar surface area (TPSA) is 66.6 Å². The van der Waals surface area contributed by atoms with Gasteiger partial charge in [-0.1, -0.05) is 6.07 Å². The third-order valence-corrected chi connectivity index (χ3v) is 3.77.